The van der Waals surface area contributed by atoms with Gasteiger partial charge in [0.05, 0.1) is 11.9 Å². The van der Waals surface area contributed by atoms with Gasteiger partial charge in [-0.15, -0.1) is 0 Å². The maximum absolute atomic E-state index is 12.4. The maximum Gasteiger partial charge on any atom is 0.247 e. The molecule has 1 fully saturated rings. The molecule has 1 aliphatic rings. The van der Waals surface area contributed by atoms with Crippen molar-refractivity contribution in [2.75, 3.05) is 11.9 Å². The molecule has 0 spiro atoms. The largest absolute Gasteiger partial charge is 0.330 e. The van der Waals surface area contributed by atoms with Gasteiger partial charge in [-0.1, -0.05) is 20.8 Å². The summed E-state index contributed by atoms with van der Waals surface area (Å²) in [6.45, 7) is 6.29. The molecule has 0 aromatic carbocycles. The fourth-order valence-electron chi connectivity index (χ4n) is 2.42. The standard InChI is InChI=1S/C14H22N4O2/c1-14(2,3)13(20)18-7-5-6-11(18)12(19)16-10-8-15-17(4)9-10/h8-9,11H,5-7H2,1-4H3,(H,16,19). The van der Waals surface area contributed by atoms with E-state index in [0.29, 0.717) is 18.7 Å². The van der Waals surface area contributed by atoms with Crippen molar-refractivity contribution in [3.8, 4) is 0 Å². The minimum atomic E-state index is -0.461. The third-order valence-corrected chi connectivity index (χ3v) is 3.43. The highest BCUT2D eigenvalue weighted by Gasteiger charge is 2.38. The van der Waals surface area contributed by atoms with Crippen LogP contribution in [-0.4, -0.2) is 39.1 Å². The van der Waals surface area contributed by atoms with Crippen molar-refractivity contribution in [3.63, 3.8) is 0 Å². The van der Waals surface area contributed by atoms with Gasteiger partial charge in [-0.2, -0.15) is 5.10 Å². The van der Waals surface area contributed by atoms with Crippen molar-refractivity contribution >= 4 is 17.5 Å². The Morgan fingerprint density at radius 3 is 2.65 bits per heavy atom. The van der Waals surface area contributed by atoms with E-state index in [4.69, 9.17) is 0 Å². The first-order valence-corrected chi connectivity index (χ1v) is 6.89. The van der Waals surface area contributed by atoms with E-state index >= 15 is 0 Å². The summed E-state index contributed by atoms with van der Waals surface area (Å²) in [6, 6.07) is -0.373. The topological polar surface area (TPSA) is 67.2 Å². The highest BCUT2D eigenvalue weighted by molar-refractivity contribution is 5.98. The van der Waals surface area contributed by atoms with Gasteiger partial charge < -0.3 is 10.2 Å². The zero-order valence-electron chi connectivity index (χ0n) is 12.5. The van der Waals surface area contributed by atoms with Crippen molar-refractivity contribution in [1.29, 1.82) is 0 Å². The van der Waals surface area contributed by atoms with Gasteiger partial charge in [-0.25, -0.2) is 0 Å². The average Bonchev–Trinajstić information content (AvgIpc) is 2.95. The fourth-order valence-corrected chi connectivity index (χ4v) is 2.42. The van der Waals surface area contributed by atoms with E-state index < -0.39 is 5.41 Å². The highest BCUT2D eigenvalue weighted by atomic mass is 16.2. The monoisotopic (exact) mass is 278 g/mol. The quantitative estimate of drug-likeness (QED) is 0.889. The molecule has 20 heavy (non-hydrogen) atoms. The van der Waals surface area contributed by atoms with E-state index in [0.717, 1.165) is 6.42 Å². The minimum absolute atomic E-state index is 0.0290. The Balaban J connectivity index is 2.07. The second kappa shape index (κ2) is 5.26. The number of nitrogens with one attached hydrogen (secondary N) is 1. The molecule has 1 N–H and O–H groups in total. The highest BCUT2D eigenvalue weighted by Crippen LogP contribution is 2.26. The number of rotatable bonds is 2. The molecule has 0 aliphatic carbocycles. The van der Waals surface area contributed by atoms with Crippen molar-refractivity contribution < 1.29 is 9.59 Å². The molecule has 2 amide bonds. The zero-order chi connectivity index (χ0) is 14.9. The average molecular weight is 278 g/mol. The summed E-state index contributed by atoms with van der Waals surface area (Å²) in [5, 5.41) is 6.84. The Morgan fingerprint density at radius 1 is 1.40 bits per heavy atom. The van der Waals surface area contributed by atoms with Gasteiger partial charge in [0.25, 0.3) is 0 Å². The van der Waals surface area contributed by atoms with Crippen LogP contribution in [0.15, 0.2) is 12.4 Å². The van der Waals surface area contributed by atoms with Crippen LogP contribution in [-0.2, 0) is 16.6 Å². The number of carbonyl (C=O) groups excluding carboxylic acids is 2. The maximum atomic E-state index is 12.4. The van der Waals surface area contributed by atoms with Crippen LogP contribution in [0.3, 0.4) is 0 Å². The summed E-state index contributed by atoms with van der Waals surface area (Å²) in [6.07, 6.45) is 4.92. The van der Waals surface area contributed by atoms with Gasteiger partial charge in [-0.3, -0.25) is 14.3 Å². The Hall–Kier alpha value is -1.85. The first kappa shape index (κ1) is 14.6. The number of hydrogen-bond donors (Lipinski definition) is 1. The van der Waals surface area contributed by atoms with Crippen LogP contribution in [0, 0.1) is 5.41 Å². The first-order valence-electron chi connectivity index (χ1n) is 6.89. The van der Waals surface area contributed by atoms with E-state index in [2.05, 4.69) is 10.4 Å². The van der Waals surface area contributed by atoms with Crippen molar-refractivity contribution in [2.24, 2.45) is 12.5 Å². The Morgan fingerprint density at radius 2 is 2.10 bits per heavy atom. The van der Waals surface area contributed by atoms with E-state index in [1.165, 1.54) is 0 Å². The van der Waals surface area contributed by atoms with E-state index in [9.17, 15) is 9.59 Å². The van der Waals surface area contributed by atoms with Crippen molar-refractivity contribution in [2.45, 2.75) is 39.7 Å². The molecule has 1 saturated heterocycles. The second-order valence-corrected chi connectivity index (χ2v) is 6.30. The molecule has 2 rings (SSSR count). The molecule has 1 aliphatic heterocycles. The third kappa shape index (κ3) is 3.00. The van der Waals surface area contributed by atoms with Crippen LogP contribution in [0.4, 0.5) is 5.69 Å². The number of anilines is 1. The summed E-state index contributed by atoms with van der Waals surface area (Å²) >= 11 is 0. The number of carbonyl (C=O) groups is 2. The Kier molecular flexibility index (Phi) is 3.83. The first-order chi connectivity index (χ1) is 9.29. The van der Waals surface area contributed by atoms with Crippen LogP contribution >= 0.6 is 0 Å². The molecule has 1 aromatic rings. The summed E-state index contributed by atoms with van der Waals surface area (Å²) in [5.74, 6) is -0.102. The summed E-state index contributed by atoms with van der Waals surface area (Å²) in [5.41, 5.74) is 0.199. The molecule has 1 aromatic heterocycles. The number of amides is 2. The van der Waals surface area contributed by atoms with Gasteiger partial charge in [0.2, 0.25) is 11.8 Å². The predicted octanol–water partition coefficient (Wildman–Crippen LogP) is 1.40. The Labute approximate surface area is 119 Å². The van der Waals surface area contributed by atoms with Crippen molar-refractivity contribution in [3.05, 3.63) is 12.4 Å². The van der Waals surface area contributed by atoms with Crippen molar-refractivity contribution in [1.82, 2.24) is 14.7 Å². The molecular formula is C14H22N4O2. The summed E-state index contributed by atoms with van der Waals surface area (Å²) in [4.78, 5) is 26.4. The van der Waals surface area contributed by atoms with Crippen LogP contribution in [0.25, 0.3) is 0 Å². The Bertz CT molecular complexity index is 515. The SMILES string of the molecule is Cn1cc(NC(=O)C2CCCN2C(=O)C(C)(C)C)cn1. The molecule has 2 heterocycles. The number of likely N-dealkylation sites (tertiary alicyclic amines) is 1. The molecule has 1 unspecified atom stereocenters. The molecule has 1 atom stereocenters. The molecule has 0 bridgehead atoms. The predicted molar refractivity (Wildman–Crippen MR) is 76.0 cm³/mol. The number of hydrogen-bond acceptors (Lipinski definition) is 3. The fraction of sp³-hybridized carbons (Fsp3) is 0.643. The van der Waals surface area contributed by atoms with Crippen LogP contribution in [0.2, 0.25) is 0 Å². The smallest absolute Gasteiger partial charge is 0.247 e. The molecule has 6 heteroatoms. The van der Waals surface area contributed by atoms with Crippen LogP contribution in [0.1, 0.15) is 33.6 Å². The van der Waals surface area contributed by atoms with E-state index in [-0.39, 0.29) is 17.9 Å². The number of nitrogens with zero attached hydrogens (tertiary/aromatic N) is 3. The lowest BCUT2D eigenvalue weighted by Crippen LogP contribution is -2.47. The molecule has 0 saturated carbocycles. The normalized spacial score (nSPS) is 19.2. The summed E-state index contributed by atoms with van der Waals surface area (Å²) < 4.78 is 1.63. The van der Waals surface area contributed by atoms with Crippen LogP contribution < -0.4 is 5.32 Å². The van der Waals surface area contributed by atoms with E-state index in [1.807, 2.05) is 20.8 Å². The van der Waals surface area contributed by atoms with Gasteiger partial charge in [-0.05, 0) is 12.8 Å². The minimum Gasteiger partial charge on any atom is -0.330 e. The lowest BCUT2D eigenvalue weighted by atomic mass is 9.94. The lowest BCUT2D eigenvalue weighted by Gasteiger charge is -2.30. The lowest BCUT2D eigenvalue weighted by molar-refractivity contribution is -0.143. The third-order valence-electron chi connectivity index (χ3n) is 3.43. The molecule has 6 nitrogen and oxygen atoms in total. The van der Waals surface area contributed by atoms with Gasteiger partial charge >= 0.3 is 0 Å². The van der Waals surface area contributed by atoms with Crippen LogP contribution in [0.5, 0.6) is 0 Å². The molecular weight excluding hydrogens is 256 g/mol. The van der Waals surface area contributed by atoms with Gasteiger partial charge in [0.15, 0.2) is 0 Å². The zero-order valence-corrected chi connectivity index (χ0v) is 12.5. The number of aromatic nitrogens is 2. The molecule has 110 valence electrons. The van der Waals surface area contributed by atoms with Gasteiger partial charge in [0.1, 0.15) is 6.04 Å². The molecule has 0 radical (unpaired) electrons. The van der Waals surface area contributed by atoms with Gasteiger partial charge in [0, 0.05) is 25.2 Å². The second-order valence-electron chi connectivity index (χ2n) is 6.30. The van der Waals surface area contributed by atoms with E-state index in [1.54, 1.807) is 29.0 Å². The summed E-state index contributed by atoms with van der Waals surface area (Å²) in [7, 11) is 1.79. The number of aryl methyl sites for hydroxylation is 1.